The lowest BCUT2D eigenvalue weighted by Crippen LogP contribution is -2.35. The summed E-state index contributed by atoms with van der Waals surface area (Å²) in [5, 5.41) is 19.6. The van der Waals surface area contributed by atoms with Gasteiger partial charge in [-0.05, 0) is 20.0 Å². The van der Waals surface area contributed by atoms with E-state index >= 15 is 0 Å². The molecule has 2 unspecified atom stereocenters. The molecule has 0 saturated heterocycles. The van der Waals surface area contributed by atoms with Crippen molar-refractivity contribution in [2.24, 2.45) is 0 Å². The van der Waals surface area contributed by atoms with E-state index in [-0.39, 0.29) is 12.6 Å². The fraction of sp³-hybridized carbons (Fsp3) is 0.500. The van der Waals surface area contributed by atoms with Crippen molar-refractivity contribution in [1.82, 2.24) is 4.90 Å². The van der Waals surface area contributed by atoms with E-state index in [1.807, 2.05) is 37.1 Å². The summed E-state index contributed by atoms with van der Waals surface area (Å²) in [5.74, 6) is 0. The topological polar surface area (TPSA) is 43.7 Å². The van der Waals surface area contributed by atoms with Gasteiger partial charge in [-0.1, -0.05) is 29.8 Å². The van der Waals surface area contributed by atoms with Crippen molar-refractivity contribution in [3.05, 3.63) is 34.9 Å². The van der Waals surface area contributed by atoms with Crippen LogP contribution in [0.1, 0.15) is 18.6 Å². The van der Waals surface area contributed by atoms with Crippen LogP contribution in [0.15, 0.2) is 24.3 Å². The average molecular weight is 244 g/mol. The molecule has 0 bridgehead atoms. The first kappa shape index (κ1) is 13.5. The zero-order valence-electron chi connectivity index (χ0n) is 9.60. The minimum absolute atomic E-state index is 0.0251. The highest BCUT2D eigenvalue weighted by molar-refractivity contribution is 6.31. The van der Waals surface area contributed by atoms with Crippen LogP contribution < -0.4 is 0 Å². The lowest BCUT2D eigenvalue weighted by molar-refractivity contribution is 0.0862. The van der Waals surface area contributed by atoms with Crippen LogP contribution in [0.5, 0.6) is 0 Å². The number of aliphatic hydroxyl groups excluding tert-OH is 2. The van der Waals surface area contributed by atoms with Gasteiger partial charge in [-0.3, -0.25) is 4.90 Å². The molecule has 90 valence electrons. The maximum Gasteiger partial charge on any atom is 0.0931 e. The van der Waals surface area contributed by atoms with Gasteiger partial charge in [-0.15, -0.1) is 0 Å². The van der Waals surface area contributed by atoms with E-state index in [1.165, 1.54) is 0 Å². The number of rotatable bonds is 5. The molecular weight excluding hydrogens is 226 g/mol. The van der Waals surface area contributed by atoms with Crippen LogP contribution in [-0.2, 0) is 0 Å². The van der Waals surface area contributed by atoms with Crippen LogP contribution in [-0.4, -0.2) is 41.4 Å². The highest BCUT2D eigenvalue weighted by Crippen LogP contribution is 2.23. The standard InChI is InChI=1S/C12H18ClNO2/c1-9(8-15)14(2)7-12(16)10-5-3-4-6-11(10)13/h3-6,9,12,15-16H,7-8H2,1-2H3. The normalized spacial score (nSPS) is 15.1. The first-order valence-electron chi connectivity index (χ1n) is 5.29. The van der Waals surface area contributed by atoms with Gasteiger partial charge in [-0.2, -0.15) is 0 Å². The van der Waals surface area contributed by atoms with Crippen LogP contribution in [0.2, 0.25) is 5.02 Å². The smallest absolute Gasteiger partial charge is 0.0931 e. The van der Waals surface area contributed by atoms with Crippen molar-refractivity contribution in [1.29, 1.82) is 0 Å². The molecule has 16 heavy (non-hydrogen) atoms. The second-order valence-corrected chi connectivity index (χ2v) is 4.42. The molecule has 0 spiro atoms. The Balaban J connectivity index is 2.65. The minimum Gasteiger partial charge on any atom is -0.395 e. The molecule has 0 radical (unpaired) electrons. The summed E-state index contributed by atoms with van der Waals surface area (Å²) in [7, 11) is 1.86. The first-order chi connectivity index (χ1) is 7.56. The molecule has 4 heteroatoms. The molecule has 0 aliphatic carbocycles. The second kappa shape index (κ2) is 6.21. The summed E-state index contributed by atoms with van der Waals surface area (Å²) in [4.78, 5) is 1.90. The number of hydrogen-bond acceptors (Lipinski definition) is 3. The Kier molecular flexibility index (Phi) is 5.22. The number of likely N-dealkylation sites (N-methyl/N-ethyl adjacent to an activating group) is 1. The Labute approximate surface area is 101 Å². The van der Waals surface area contributed by atoms with E-state index in [4.69, 9.17) is 16.7 Å². The predicted molar refractivity (Wildman–Crippen MR) is 65.6 cm³/mol. The molecule has 1 rings (SSSR count). The highest BCUT2D eigenvalue weighted by atomic mass is 35.5. The molecule has 0 heterocycles. The quantitative estimate of drug-likeness (QED) is 0.827. The van der Waals surface area contributed by atoms with E-state index in [0.29, 0.717) is 11.6 Å². The Bertz CT molecular complexity index is 333. The third-order valence-corrected chi connectivity index (χ3v) is 3.09. The number of aliphatic hydroxyl groups is 2. The van der Waals surface area contributed by atoms with E-state index in [2.05, 4.69) is 0 Å². The van der Waals surface area contributed by atoms with Crippen molar-refractivity contribution in [3.63, 3.8) is 0 Å². The van der Waals surface area contributed by atoms with Crippen LogP contribution >= 0.6 is 11.6 Å². The Morgan fingerprint density at radius 3 is 2.56 bits per heavy atom. The van der Waals surface area contributed by atoms with Crippen molar-refractivity contribution < 1.29 is 10.2 Å². The third-order valence-electron chi connectivity index (χ3n) is 2.74. The van der Waals surface area contributed by atoms with Crippen LogP contribution in [0.25, 0.3) is 0 Å². The van der Waals surface area contributed by atoms with Gasteiger partial charge >= 0.3 is 0 Å². The fourth-order valence-corrected chi connectivity index (χ4v) is 1.70. The molecule has 0 aliphatic rings. The molecule has 0 aromatic heterocycles. The van der Waals surface area contributed by atoms with Crippen LogP contribution in [0.3, 0.4) is 0 Å². The summed E-state index contributed by atoms with van der Waals surface area (Å²) in [5.41, 5.74) is 0.723. The first-order valence-corrected chi connectivity index (χ1v) is 5.67. The van der Waals surface area contributed by atoms with Gasteiger partial charge < -0.3 is 10.2 Å². The van der Waals surface area contributed by atoms with Crippen molar-refractivity contribution in [3.8, 4) is 0 Å². The monoisotopic (exact) mass is 243 g/mol. The molecule has 1 aromatic carbocycles. The maximum atomic E-state index is 10.0. The van der Waals surface area contributed by atoms with E-state index in [1.54, 1.807) is 6.07 Å². The predicted octanol–water partition coefficient (Wildman–Crippen LogP) is 1.69. The van der Waals surface area contributed by atoms with Gasteiger partial charge in [0.1, 0.15) is 0 Å². The minimum atomic E-state index is -0.632. The van der Waals surface area contributed by atoms with Crippen molar-refractivity contribution in [2.45, 2.75) is 19.1 Å². The molecule has 0 saturated carbocycles. The van der Waals surface area contributed by atoms with Crippen LogP contribution in [0.4, 0.5) is 0 Å². The largest absolute Gasteiger partial charge is 0.395 e. The zero-order valence-corrected chi connectivity index (χ0v) is 10.4. The molecule has 1 aromatic rings. The van der Waals surface area contributed by atoms with E-state index in [9.17, 15) is 5.11 Å². The molecule has 2 atom stereocenters. The van der Waals surface area contributed by atoms with Crippen molar-refractivity contribution in [2.75, 3.05) is 20.2 Å². The van der Waals surface area contributed by atoms with Gasteiger partial charge in [-0.25, -0.2) is 0 Å². The fourth-order valence-electron chi connectivity index (χ4n) is 1.44. The Morgan fingerprint density at radius 2 is 2.00 bits per heavy atom. The Hall–Kier alpha value is -0.610. The molecule has 0 aliphatic heterocycles. The number of nitrogens with zero attached hydrogens (tertiary/aromatic N) is 1. The van der Waals surface area contributed by atoms with Gasteiger partial charge in [0.2, 0.25) is 0 Å². The molecule has 3 nitrogen and oxygen atoms in total. The summed E-state index contributed by atoms with van der Waals surface area (Å²) >= 11 is 5.99. The highest BCUT2D eigenvalue weighted by Gasteiger charge is 2.16. The molecule has 0 amide bonds. The van der Waals surface area contributed by atoms with Crippen molar-refractivity contribution >= 4 is 11.6 Å². The summed E-state index contributed by atoms with van der Waals surface area (Å²) in [6, 6.07) is 7.27. The number of hydrogen-bond donors (Lipinski definition) is 2. The SMILES string of the molecule is CC(CO)N(C)CC(O)c1ccccc1Cl. The average Bonchev–Trinajstić information content (AvgIpc) is 2.28. The van der Waals surface area contributed by atoms with Gasteiger partial charge in [0.05, 0.1) is 12.7 Å². The maximum absolute atomic E-state index is 10.0. The lowest BCUT2D eigenvalue weighted by Gasteiger charge is -2.25. The molecular formula is C12H18ClNO2. The van der Waals surface area contributed by atoms with Gasteiger partial charge in [0.15, 0.2) is 0 Å². The van der Waals surface area contributed by atoms with Gasteiger partial charge in [0, 0.05) is 23.2 Å². The second-order valence-electron chi connectivity index (χ2n) is 4.01. The number of halogens is 1. The summed E-state index contributed by atoms with van der Waals surface area (Å²) < 4.78 is 0. The number of benzene rings is 1. The Morgan fingerprint density at radius 1 is 1.38 bits per heavy atom. The summed E-state index contributed by atoms with van der Waals surface area (Å²) in [6.07, 6.45) is -0.632. The summed E-state index contributed by atoms with van der Waals surface area (Å²) in [6.45, 7) is 2.43. The van der Waals surface area contributed by atoms with Gasteiger partial charge in [0.25, 0.3) is 0 Å². The third kappa shape index (κ3) is 3.46. The van der Waals surface area contributed by atoms with Crippen LogP contribution in [0, 0.1) is 0 Å². The zero-order chi connectivity index (χ0) is 12.1. The lowest BCUT2D eigenvalue weighted by atomic mass is 10.1. The van der Waals surface area contributed by atoms with E-state index in [0.717, 1.165) is 5.56 Å². The molecule has 2 N–H and O–H groups in total. The molecule has 0 fully saturated rings. The van der Waals surface area contributed by atoms with E-state index < -0.39 is 6.10 Å².